The Bertz CT molecular complexity index is 161. The lowest BCUT2D eigenvalue weighted by atomic mass is 10.3. The molecule has 0 aliphatic carbocycles. The zero-order valence-corrected chi connectivity index (χ0v) is 6.69. The number of unbranched alkanes of at least 4 members (excludes halogenated alkanes) is 1. The Balaban J connectivity index is 3.46. The zero-order chi connectivity index (χ0) is 9.61. The van der Waals surface area contributed by atoms with Crippen LogP contribution in [-0.4, -0.2) is 18.9 Å². The molecule has 1 unspecified atom stereocenters. The third-order valence-corrected chi connectivity index (χ3v) is 1.26. The average molecular weight is 181 g/mol. The molecule has 0 bridgehead atoms. The Hall–Kier alpha value is -0.760. The SMILES string of the molecule is CC(OCCCC#N)C(F)(F)F. The van der Waals surface area contributed by atoms with Crippen molar-refractivity contribution >= 4 is 0 Å². The number of rotatable bonds is 4. The molecule has 5 heteroatoms. The van der Waals surface area contributed by atoms with E-state index in [1.807, 2.05) is 6.07 Å². The van der Waals surface area contributed by atoms with Gasteiger partial charge in [0.1, 0.15) is 0 Å². The van der Waals surface area contributed by atoms with Crippen molar-refractivity contribution < 1.29 is 17.9 Å². The van der Waals surface area contributed by atoms with Crippen molar-refractivity contribution in [3.63, 3.8) is 0 Å². The summed E-state index contributed by atoms with van der Waals surface area (Å²) in [5.74, 6) is 0. The largest absolute Gasteiger partial charge is 0.414 e. The van der Waals surface area contributed by atoms with Gasteiger partial charge in [-0.1, -0.05) is 0 Å². The third-order valence-electron chi connectivity index (χ3n) is 1.26. The van der Waals surface area contributed by atoms with E-state index < -0.39 is 12.3 Å². The normalized spacial score (nSPS) is 13.9. The molecule has 0 rings (SSSR count). The summed E-state index contributed by atoms with van der Waals surface area (Å²) in [4.78, 5) is 0. The summed E-state index contributed by atoms with van der Waals surface area (Å²) < 4.78 is 39.7. The van der Waals surface area contributed by atoms with Crippen LogP contribution in [-0.2, 0) is 4.74 Å². The average Bonchev–Trinajstić information content (AvgIpc) is 1.96. The van der Waals surface area contributed by atoms with Gasteiger partial charge in [-0.25, -0.2) is 0 Å². The van der Waals surface area contributed by atoms with Gasteiger partial charge in [0.05, 0.1) is 6.07 Å². The molecule has 0 saturated heterocycles. The summed E-state index contributed by atoms with van der Waals surface area (Å²) in [6.07, 6.45) is -5.47. The van der Waals surface area contributed by atoms with Gasteiger partial charge in [-0.2, -0.15) is 18.4 Å². The van der Waals surface area contributed by atoms with Crippen molar-refractivity contribution in [2.45, 2.75) is 32.0 Å². The second-order valence-electron chi connectivity index (χ2n) is 2.32. The minimum atomic E-state index is -4.30. The zero-order valence-electron chi connectivity index (χ0n) is 6.69. The molecule has 0 aromatic carbocycles. The first-order valence-corrected chi connectivity index (χ1v) is 3.53. The molecule has 12 heavy (non-hydrogen) atoms. The van der Waals surface area contributed by atoms with Crippen LogP contribution >= 0.6 is 0 Å². The number of alkyl halides is 3. The molecule has 0 aromatic heterocycles. The number of nitriles is 1. The predicted molar refractivity (Wildman–Crippen MR) is 36.3 cm³/mol. The molecule has 0 fully saturated rings. The van der Waals surface area contributed by atoms with E-state index in [1.54, 1.807) is 0 Å². The number of nitrogens with zero attached hydrogens (tertiary/aromatic N) is 1. The van der Waals surface area contributed by atoms with Gasteiger partial charge in [-0.15, -0.1) is 0 Å². The second-order valence-corrected chi connectivity index (χ2v) is 2.32. The van der Waals surface area contributed by atoms with Crippen LogP contribution in [0.3, 0.4) is 0 Å². The predicted octanol–water partition coefficient (Wildman–Crippen LogP) is 2.26. The summed E-state index contributed by atoms with van der Waals surface area (Å²) in [5, 5.41) is 8.06. The Morgan fingerprint density at radius 3 is 2.50 bits per heavy atom. The molecule has 0 saturated carbocycles. The van der Waals surface area contributed by atoms with Crippen LogP contribution in [0, 0.1) is 11.3 Å². The highest BCUT2D eigenvalue weighted by Gasteiger charge is 2.36. The molecule has 70 valence electrons. The van der Waals surface area contributed by atoms with Crippen LogP contribution in [0.1, 0.15) is 19.8 Å². The highest BCUT2D eigenvalue weighted by molar-refractivity contribution is 4.68. The fraction of sp³-hybridized carbons (Fsp3) is 0.857. The van der Waals surface area contributed by atoms with Gasteiger partial charge in [-0.05, 0) is 13.3 Å². The first-order valence-electron chi connectivity index (χ1n) is 3.53. The van der Waals surface area contributed by atoms with Crippen molar-refractivity contribution in [3.05, 3.63) is 0 Å². The number of hydrogen-bond donors (Lipinski definition) is 0. The number of ether oxygens (including phenoxy) is 1. The maximum atomic E-state index is 11.8. The Morgan fingerprint density at radius 2 is 2.08 bits per heavy atom. The lowest BCUT2D eigenvalue weighted by molar-refractivity contribution is -0.214. The van der Waals surface area contributed by atoms with Gasteiger partial charge in [0.15, 0.2) is 6.10 Å². The van der Waals surface area contributed by atoms with Crippen LogP contribution in [0.5, 0.6) is 0 Å². The van der Waals surface area contributed by atoms with E-state index >= 15 is 0 Å². The Morgan fingerprint density at radius 1 is 1.50 bits per heavy atom. The van der Waals surface area contributed by atoms with E-state index in [0.29, 0.717) is 6.42 Å². The summed E-state index contributed by atoms with van der Waals surface area (Å²) in [5.41, 5.74) is 0. The minimum absolute atomic E-state index is 0.0196. The van der Waals surface area contributed by atoms with E-state index in [4.69, 9.17) is 5.26 Å². The van der Waals surface area contributed by atoms with Crippen molar-refractivity contribution in [3.8, 4) is 6.07 Å². The Kier molecular flexibility index (Phi) is 4.67. The molecule has 0 radical (unpaired) electrons. The molecular weight excluding hydrogens is 171 g/mol. The van der Waals surface area contributed by atoms with Crippen LogP contribution in [0.25, 0.3) is 0 Å². The van der Waals surface area contributed by atoms with Gasteiger partial charge in [0, 0.05) is 13.0 Å². The molecular formula is C7H10F3NO. The fourth-order valence-corrected chi connectivity index (χ4v) is 0.506. The van der Waals surface area contributed by atoms with Gasteiger partial charge in [0.2, 0.25) is 0 Å². The van der Waals surface area contributed by atoms with Crippen LogP contribution < -0.4 is 0 Å². The molecule has 0 spiro atoms. The number of halogens is 3. The number of hydrogen-bond acceptors (Lipinski definition) is 2. The van der Waals surface area contributed by atoms with Crippen molar-refractivity contribution in [2.75, 3.05) is 6.61 Å². The standard InChI is InChI=1S/C7H10F3NO/c1-6(7(8,9)10)12-5-3-2-4-11/h6H,2-3,5H2,1H3. The summed E-state index contributed by atoms with van der Waals surface area (Å²) in [7, 11) is 0. The van der Waals surface area contributed by atoms with Crippen molar-refractivity contribution in [1.29, 1.82) is 5.26 Å². The first kappa shape index (κ1) is 11.2. The minimum Gasteiger partial charge on any atom is -0.369 e. The first-order chi connectivity index (χ1) is 5.48. The quantitative estimate of drug-likeness (QED) is 0.623. The molecule has 0 aliphatic heterocycles. The monoisotopic (exact) mass is 181 g/mol. The highest BCUT2D eigenvalue weighted by atomic mass is 19.4. The second kappa shape index (κ2) is 4.99. The molecule has 0 aliphatic rings. The van der Waals surface area contributed by atoms with Crippen LogP contribution in [0.4, 0.5) is 13.2 Å². The topological polar surface area (TPSA) is 33.0 Å². The Labute approximate surface area is 68.9 Å². The summed E-state index contributed by atoms with van der Waals surface area (Å²) in [6.45, 7) is 0.931. The van der Waals surface area contributed by atoms with E-state index in [2.05, 4.69) is 4.74 Å². The van der Waals surface area contributed by atoms with Gasteiger partial charge >= 0.3 is 6.18 Å². The molecule has 0 heterocycles. The lowest BCUT2D eigenvalue weighted by Gasteiger charge is -2.15. The van der Waals surface area contributed by atoms with Crippen molar-refractivity contribution in [2.24, 2.45) is 0 Å². The smallest absolute Gasteiger partial charge is 0.369 e. The summed E-state index contributed by atoms with van der Waals surface area (Å²) in [6, 6.07) is 1.82. The lowest BCUT2D eigenvalue weighted by Crippen LogP contribution is -2.28. The molecule has 0 aromatic rings. The van der Waals surface area contributed by atoms with E-state index in [9.17, 15) is 13.2 Å². The van der Waals surface area contributed by atoms with E-state index in [1.165, 1.54) is 0 Å². The van der Waals surface area contributed by atoms with E-state index in [-0.39, 0.29) is 13.0 Å². The fourth-order valence-electron chi connectivity index (χ4n) is 0.506. The van der Waals surface area contributed by atoms with Crippen LogP contribution in [0.2, 0.25) is 0 Å². The molecule has 1 atom stereocenters. The maximum absolute atomic E-state index is 11.8. The molecule has 0 N–H and O–H groups in total. The third kappa shape index (κ3) is 4.97. The van der Waals surface area contributed by atoms with E-state index in [0.717, 1.165) is 6.92 Å². The van der Waals surface area contributed by atoms with Gasteiger partial charge in [-0.3, -0.25) is 0 Å². The highest BCUT2D eigenvalue weighted by Crippen LogP contribution is 2.22. The van der Waals surface area contributed by atoms with Crippen LogP contribution in [0.15, 0.2) is 0 Å². The van der Waals surface area contributed by atoms with Gasteiger partial charge in [0.25, 0.3) is 0 Å². The molecule has 2 nitrogen and oxygen atoms in total. The molecule has 0 amide bonds. The maximum Gasteiger partial charge on any atom is 0.414 e. The van der Waals surface area contributed by atoms with Crippen molar-refractivity contribution in [1.82, 2.24) is 0 Å². The van der Waals surface area contributed by atoms with Gasteiger partial charge < -0.3 is 4.74 Å². The summed E-state index contributed by atoms with van der Waals surface area (Å²) >= 11 is 0.